The molecule has 0 rings (SSSR count). The lowest BCUT2D eigenvalue weighted by molar-refractivity contribution is 1.09. The van der Waals surface area contributed by atoms with Gasteiger partial charge in [-0.25, -0.2) is 0 Å². The fourth-order valence-corrected chi connectivity index (χ4v) is 0.477. The van der Waals surface area contributed by atoms with Crippen LogP contribution in [0.4, 0.5) is 0 Å². The predicted octanol–water partition coefficient (Wildman–Crippen LogP) is 4.12. The van der Waals surface area contributed by atoms with Crippen LogP contribution in [0.5, 0.6) is 0 Å². The van der Waals surface area contributed by atoms with Crippen molar-refractivity contribution in [1.82, 2.24) is 0 Å². The molecular formula is C9H17Cl. The fraction of sp³-hybridized carbons (Fsp3) is 0.556. The fourth-order valence-electron chi connectivity index (χ4n) is 0.343. The van der Waals surface area contributed by atoms with E-state index >= 15 is 0 Å². The van der Waals surface area contributed by atoms with Gasteiger partial charge in [0.15, 0.2) is 0 Å². The smallest absolute Gasteiger partial charge is 0.0389 e. The van der Waals surface area contributed by atoms with Crippen molar-refractivity contribution in [2.24, 2.45) is 0 Å². The van der Waals surface area contributed by atoms with Crippen molar-refractivity contribution in [2.75, 3.05) is 0 Å². The zero-order chi connectivity index (χ0) is 8.57. The SMILES string of the molecule is C=C/C(Cl)=C(/C)CC.CC. The monoisotopic (exact) mass is 160 g/mol. The van der Waals surface area contributed by atoms with E-state index in [2.05, 4.69) is 13.5 Å². The second-order valence-corrected chi connectivity index (χ2v) is 2.09. The van der Waals surface area contributed by atoms with Gasteiger partial charge in [-0.15, -0.1) is 0 Å². The minimum atomic E-state index is 0.785. The highest BCUT2D eigenvalue weighted by atomic mass is 35.5. The van der Waals surface area contributed by atoms with E-state index in [4.69, 9.17) is 11.6 Å². The molecule has 0 saturated carbocycles. The molecule has 10 heavy (non-hydrogen) atoms. The zero-order valence-corrected chi connectivity index (χ0v) is 8.13. The Hall–Kier alpha value is -0.230. The van der Waals surface area contributed by atoms with Crippen LogP contribution in [0.2, 0.25) is 0 Å². The first-order valence-electron chi connectivity index (χ1n) is 3.70. The number of rotatable bonds is 2. The summed E-state index contributed by atoms with van der Waals surface area (Å²) < 4.78 is 0. The molecule has 0 aromatic carbocycles. The molecule has 0 atom stereocenters. The topological polar surface area (TPSA) is 0 Å². The summed E-state index contributed by atoms with van der Waals surface area (Å²) in [6, 6.07) is 0. The molecule has 0 radical (unpaired) electrons. The van der Waals surface area contributed by atoms with Gasteiger partial charge in [0.1, 0.15) is 0 Å². The second kappa shape index (κ2) is 8.77. The molecule has 0 bridgehead atoms. The van der Waals surface area contributed by atoms with Crippen molar-refractivity contribution in [3.05, 3.63) is 23.3 Å². The normalized spacial score (nSPS) is 10.9. The number of hydrogen-bond donors (Lipinski definition) is 0. The van der Waals surface area contributed by atoms with E-state index < -0.39 is 0 Å². The van der Waals surface area contributed by atoms with Gasteiger partial charge in [-0.05, 0) is 13.3 Å². The van der Waals surface area contributed by atoms with Crippen LogP contribution in [-0.4, -0.2) is 0 Å². The molecule has 0 aliphatic rings. The number of hydrogen-bond acceptors (Lipinski definition) is 0. The van der Waals surface area contributed by atoms with Crippen molar-refractivity contribution < 1.29 is 0 Å². The van der Waals surface area contributed by atoms with Crippen LogP contribution in [0.3, 0.4) is 0 Å². The predicted molar refractivity (Wildman–Crippen MR) is 50.4 cm³/mol. The zero-order valence-electron chi connectivity index (χ0n) is 7.37. The summed E-state index contributed by atoms with van der Waals surface area (Å²) in [5.74, 6) is 0. The van der Waals surface area contributed by atoms with E-state index in [0.717, 1.165) is 11.5 Å². The first-order valence-corrected chi connectivity index (χ1v) is 4.07. The Morgan fingerprint density at radius 3 is 2.00 bits per heavy atom. The van der Waals surface area contributed by atoms with E-state index in [-0.39, 0.29) is 0 Å². The van der Waals surface area contributed by atoms with E-state index in [1.165, 1.54) is 5.57 Å². The van der Waals surface area contributed by atoms with E-state index in [1.54, 1.807) is 6.08 Å². The Kier molecular flexibility index (Phi) is 10.9. The summed E-state index contributed by atoms with van der Waals surface area (Å²) >= 11 is 5.68. The molecule has 60 valence electrons. The van der Waals surface area contributed by atoms with E-state index in [0.29, 0.717) is 0 Å². The summed E-state index contributed by atoms with van der Waals surface area (Å²) in [6.45, 7) is 11.6. The highest BCUT2D eigenvalue weighted by molar-refractivity contribution is 6.31. The lowest BCUT2D eigenvalue weighted by Crippen LogP contribution is -1.72. The minimum absolute atomic E-state index is 0.785. The van der Waals surface area contributed by atoms with Crippen LogP contribution in [0, 0.1) is 0 Å². The third-order valence-electron chi connectivity index (χ3n) is 1.12. The molecule has 0 amide bonds. The van der Waals surface area contributed by atoms with Gasteiger partial charge >= 0.3 is 0 Å². The van der Waals surface area contributed by atoms with Crippen LogP contribution in [0.15, 0.2) is 23.3 Å². The van der Waals surface area contributed by atoms with E-state index in [9.17, 15) is 0 Å². The van der Waals surface area contributed by atoms with Gasteiger partial charge in [-0.1, -0.05) is 50.6 Å². The van der Waals surface area contributed by atoms with Gasteiger partial charge in [-0.2, -0.15) is 0 Å². The van der Waals surface area contributed by atoms with Crippen molar-refractivity contribution in [2.45, 2.75) is 34.1 Å². The maximum Gasteiger partial charge on any atom is 0.0389 e. The van der Waals surface area contributed by atoms with Crippen LogP contribution in [0.1, 0.15) is 34.1 Å². The Morgan fingerprint density at radius 2 is 1.90 bits per heavy atom. The summed E-state index contributed by atoms with van der Waals surface area (Å²) in [7, 11) is 0. The molecule has 0 heterocycles. The Morgan fingerprint density at radius 1 is 1.50 bits per heavy atom. The van der Waals surface area contributed by atoms with Gasteiger partial charge in [-0.3, -0.25) is 0 Å². The Bertz CT molecular complexity index is 112. The Balaban J connectivity index is 0. The molecule has 0 saturated heterocycles. The van der Waals surface area contributed by atoms with Crippen molar-refractivity contribution >= 4 is 11.6 Å². The molecule has 0 aliphatic heterocycles. The molecular weight excluding hydrogens is 144 g/mol. The molecule has 0 spiro atoms. The molecule has 0 unspecified atom stereocenters. The lowest BCUT2D eigenvalue weighted by Gasteiger charge is -1.93. The van der Waals surface area contributed by atoms with Gasteiger partial charge < -0.3 is 0 Å². The quantitative estimate of drug-likeness (QED) is 0.533. The number of allylic oxidation sites excluding steroid dienone is 3. The summed E-state index contributed by atoms with van der Waals surface area (Å²) in [6.07, 6.45) is 2.67. The van der Waals surface area contributed by atoms with Crippen LogP contribution in [-0.2, 0) is 0 Å². The molecule has 0 aromatic heterocycles. The van der Waals surface area contributed by atoms with Gasteiger partial charge in [0.2, 0.25) is 0 Å². The highest BCUT2D eigenvalue weighted by Crippen LogP contribution is 2.11. The summed E-state index contributed by atoms with van der Waals surface area (Å²) in [4.78, 5) is 0. The molecule has 1 heteroatoms. The largest absolute Gasteiger partial charge is 0.0976 e. The van der Waals surface area contributed by atoms with Crippen molar-refractivity contribution in [1.29, 1.82) is 0 Å². The molecule has 0 fully saturated rings. The van der Waals surface area contributed by atoms with E-state index in [1.807, 2.05) is 20.8 Å². The third-order valence-corrected chi connectivity index (χ3v) is 1.59. The Labute approximate surface area is 69.6 Å². The second-order valence-electron chi connectivity index (χ2n) is 1.69. The van der Waals surface area contributed by atoms with Crippen LogP contribution >= 0.6 is 11.6 Å². The van der Waals surface area contributed by atoms with Gasteiger partial charge in [0.25, 0.3) is 0 Å². The average Bonchev–Trinajstić information content (AvgIpc) is 2.05. The maximum absolute atomic E-state index is 5.68. The lowest BCUT2D eigenvalue weighted by atomic mass is 10.2. The third kappa shape index (κ3) is 5.90. The first-order chi connectivity index (χ1) is 4.72. The molecule has 0 aliphatic carbocycles. The first kappa shape index (κ1) is 12.4. The number of halogens is 1. The maximum atomic E-state index is 5.68. The molecule has 0 N–H and O–H groups in total. The standard InChI is InChI=1S/C7H11Cl.C2H6/c1-4-6(3)7(8)5-2;1-2/h5H,2,4H2,1,3H3;1-2H3/b7-6+;. The van der Waals surface area contributed by atoms with Crippen LogP contribution in [0.25, 0.3) is 0 Å². The van der Waals surface area contributed by atoms with Crippen molar-refractivity contribution in [3.8, 4) is 0 Å². The van der Waals surface area contributed by atoms with Crippen LogP contribution < -0.4 is 0 Å². The van der Waals surface area contributed by atoms with Gasteiger partial charge in [0.05, 0.1) is 0 Å². The van der Waals surface area contributed by atoms with Crippen molar-refractivity contribution in [3.63, 3.8) is 0 Å². The molecule has 0 nitrogen and oxygen atoms in total. The summed E-state index contributed by atoms with van der Waals surface area (Å²) in [5, 5.41) is 0.785. The average molecular weight is 161 g/mol. The highest BCUT2D eigenvalue weighted by Gasteiger charge is 1.88. The summed E-state index contributed by atoms with van der Waals surface area (Å²) in [5.41, 5.74) is 1.20. The minimum Gasteiger partial charge on any atom is -0.0976 e. The van der Waals surface area contributed by atoms with Gasteiger partial charge in [0, 0.05) is 5.03 Å². The molecule has 0 aromatic rings.